The van der Waals surface area contributed by atoms with Crippen molar-refractivity contribution in [2.45, 2.75) is 97.8 Å². The third kappa shape index (κ3) is 5.29. The highest BCUT2D eigenvalue weighted by Gasteiger charge is 2.36. The van der Waals surface area contributed by atoms with Gasteiger partial charge in [-0.3, -0.25) is 0 Å². The summed E-state index contributed by atoms with van der Waals surface area (Å²) < 4.78 is 6.15. The summed E-state index contributed by atoms with van der Waals surface area (Å²) in [6.07, 6.45) is 5.20. The fourth-order valence-electron chi connectivity index (χ4n) is 5.83. The number of carbonyl (C=O) groups is 2. The molecule has 6 nitrogen and oxygen atoms in total. The molecule has 2 aromatic rings. The summed E-state index contributed by atoms with van der Waals surface area (Å²) in [5.74, 6) is -1.04. The summed E-state index contributed by atoms with van der Waals surface area (Å²) in [4.78, 5) is 28.1. The summed E-state index contributed by atoms with van der Waals surface area (Å²) in [7, 11) is 0. The van der Waals surface area contributed by atoms with E-state index in [-0.39, 0.29) is 12.1 Å². The van der Waals surface area contributed by atoms with E-state index in [9.17, 15) is 14.7 Å². The molecule has 1 saturated carbocycles. The van der Waals surface area contributed by atoms with Gasteiger partial charge >= 0.3 is 12.0 Å². The van der Waals surface area contributed by atoms with Crippen LogP contribution in [0.4, 0.5) is 10.5 Å². The number of benzene rings is 2. The Hall–Kier alpha value is -2.86. The lowest BCUT2D eigenvalue weighted by Crippen LogP contribution is -2.43. The first-order valence-electron chi connectivity index (χ1n) is 13.2. The van der Waals surface area contributed by atoms with Crippen LogP contribution in [0.2, 0.25) is 0 Å². The molecule has 2 aliphatic rings. The third-order valence-electron chi connectivity index (χ3n) is 7.59. The van der Waals surface area contributed by atoms with Crippen molar-refractivity contribution in [3.05, 3.63) is 52.1 Å². The summed E-state index contributed by atoms with van der Waals surface area (Å²) in [5.41, 5.74) is 6.53. The van der Waals surface area contributed by atoms with Gasteiger partial charge in [0.15, 0.2) is 6.10 Å². The van der Waals surface area contributed by atoms with Gasteiger partial charge in [-0.1, -0.05) is 49.1 Å². The lowest BCUT2D eigenvalue weighted by Gasteiger charge is -2.33. The molecule has 2 aromatic carbocycles. The highest BCUT2D eigenvalue weighted by atomic mass is 16.5. The Morgan fingerprint density at radius 3 is 2.28 bits per heavy atom. The molecule has 1 heterocycles. The van der Waals surface area contributed by atoms with Crippen molar-refractivity contribution < 1.29 is 19.4 Å². The molecule has 1 atom stereocenters. The number of amides is 2. The Balaban J connectivity index is 1.90. The van der Waals surface area contributed by atoms with E-state index < -0.39 is 17.7 Å². The number of nitrogens with zero attached hydrogens (tertiary/aromatic N) is 1. The minimum atomic E-state index is -1.17. The number of carbonyl (C=O) groups excluding carboxylic acids is 1. The average Bonchev–Trinajstić information content (AvgIpc) is 3.00. The lowest BCUT2D eigenvalue weighted by molar-refractivity contribution is -0.160. The van der Waals surface area contributed by atoms with Gasteiger partial charge in [0.05, 0.1) is 5.60 Å². The molecule has 0 unspecified atom stereocenters. The fourth-order valence-corrected chi connectivity index (χ4v) is 5.83. The summed E-state index contributed by atoms with van der Waals surface area (Å²) in [6.45, 7) is 12.3. The number of anilines is 1. The van der Waals surface area contributed by atoms with Crippen molar-refractivity contribution in [2.75, 3.05) is 11.9 Å². The number of rotatable bonds is 5. The van der Waals surface area contributed by atoms with E-state index in [0.29, 0.717) is 12.1 Å². The summed E-state index contributed by atoms with van der Waals surface area (Å²) in [5, 5.41) is 13.5. The molecular weight excluding hydrogens is 452 g/mol. The van der Waals surface area contributed by atoms with E-state index in [4.69, 9.17) is 4.74 Å². The van der Waals surface area contributed by atoms with Crippen LogP contribution < -0.4 is 5.32 Å². The quantitative estimate of drug-likeness (QED) is 0.474. The van der Waals surface area contributed by atoms with Crippen molar-refractivity contribution in [2.24, 2.45) is 0 Å². The molecule has 0 aromatic heterocycles. The van der Waals surface area contributed by atoms with Gasteiger partial charge in [0.1, 0.15) is 0 Å². The maximum absolute atomic E-state index is 13.4. The SMILES string of the molecule is Cc1ccc(-c2c(C)c3c(c(C)c2[C@H](OC(C)(C)C)C(=O)O)NC(=O)N(C2CCCCC2)CC3)cc1. The number of fused-ring (bicyclic) bond motifs is 1. The molecule has 0 spiro atoms. The van der Waals surface area contributed by atoms with Crippen LogP contribution in [-0.4, -0.2) is 40.2 Å². The number of ether oxygens (including phenoxy) is 1. The number of carboxylic acids is 1. The van der Waals surface area contributed by atoms with Gasteiger partial charge in [-0.15, -0.1) is 0 Å². The fraction of sp³-hybridized carbons (Fsp3) is 0.533. The van der Waals surface area contributed by atoms with Crippen LogP contribution >= 0.6 is 0 Å². The van der Waals surface area contributed by atoms with E-state index >= 15 is 0 Å². The van der Waals surface area contributed by atoms with Gasteiger partial charge in [-0.2, -0.15) is 0 Å². The predicted molar refractivity (Wildman–Crippen MR) is 144 cm³/mol. The molecule has 0 saturated heterocycles. The zero-order chi connectivity index (χ0) is 26.2. The predicted octanol–water partition coefficient (Wildman–Crippen LogP) is 6.94. The minimum absolute atomic E-state index is 0.0826. The monoisotopic (exact) mass is 492 g/mol. The molecule has 194 valence electrons. The molecule has 2 N–H and O–H groups in total. The maximum atomic E-state index is 13.4. The zero-order valence-electron chi connectivity index (χ0n) is 22.5. The third-order valence-corrected chi connectivity index (χ3v) is 7.59. The zero-order valence-corrected chi connectivity index (χ0v) is 22.5. The van der Waals surface area contributed by atoms with Crippen molar-refractivity contribution >= 4 is 17.7 Å². The molecule has 1 fully saturated rings. The van der Waals surface area contributed by atoms with Gasteiger partial charge in [0.25, 0.3) is 0 Å². The molecule has 6 heteroatoms. The van der Waals surface area contributed by atoms with Crippen LogP contribution in [0.1, 0.15) is 86.8 Å². The average molecular weight is 493 g/mol. The lowest BCUT2D eigenvalue weighted by atomic mass is 9.83. The molecule has 0 bridgehead atoms. The number of hydrogen-bond donors (Lipinski definition) is 2. The van der Waals surface area contributed by atoms with Crippen LogP contribution in [0.25, 0.3) is 11.1 Å². The van der Waals surface area contributed by atoms with E-state index in [0.717, 1.165) is 71.2 Å². The number of carboxylic acid groups (broad SMARTS) is 1. The molecule has 1 aliphatic heterocycles. The number of hydrogen-bond acceptors (Lipinski definition) is 3. The second-order valence-electron chi connectivity index (χ2n) is 11.4. The Bertz CT molecular complexity index is 1140. The second-order valence-corrected chi connectivity index (χ2v) is 11.4. The van der Waals surface area contributed by atoms with Crippen molar-refractivity contribution in [3.63, 3.8) is 0 Å². The normalized spacial score (nSPS) is 17.8. The Labute approximate surface area is 215 Å². The first-order valence-corrected chi connectivity index (χ1v) is 13.2. The number of aryl methyl sites for hydroxylation is 1. The van der Waals surface area contributed by atoms with Crippen LogP contribution in [0.15, 0.2) is 24.3 Å². The highest BCUT2D eigenvalue weighted by molar-refractivity contribution is 5.95. The summed E-state index contributed by atoms with van der Waals surface area (Å²) >= 11 is 0. The van der Waals surface area contributed by atoms with Crippen LogP contribution in [0.3, 0.4) is 0 Å². The van der Waals surface area contributed by atoms with Gasteiger partial charge in [0, 0.05) is 23.8 Å². The van der Waals surface area contributed by atoms with E-state index in [1.165, 1.54) is 6.42 Å². The topological polar surface area (TPSA) is 78.9 Å². The largest absolute Gasteiger partial charge is 0.479 e. The smallest absolute Gasteiger partial charge is 0.337 e. The molecule has 4 rings (SSSR count). The Morgan fingerprint density at radius 1 is 1.06 bits per heavy atom. The first-order chi connectivity index (χ1) is 17.0. The number of aliphatic carboxylic acids is 1. The standard InChI is InChI=1S/C30H40N2O4/c1-18-12-14-21(15-13-18)24-19(2)23-16-17-32(22-10-8-7-9-11-22)29(35)31-26(23)20(3)25(24)27(28(33)34)36-30(4,5)6/h12-15,22,27H,7-11,16-17H2,1-6H3,(H,31,35)(H,33,34)/t27-/m0/s1. The summed E-state index contributed by atoms with van der Waals surface area (Å²) in [6, 6.07) is 8.37. The maximum Gasteiger partial charge on any atom is 0.337 e. The van der Waals surface area contributed by atoms with E-state index in [2.05, 4.69) is 12.2 Å². The molecule has 2 amide bonds. The number of nitrogens with one attached hydrogen (secondary N) is 1. The second kappa shape index (κ2) is 10.3. The minimum Gasteiger partial charge on any atom is -0.479 e. The molecule has 36 heavy (non-hydrogen) atoms. The van der Waals surface area contributed by atoms with Gasteiger partial charge in [-0.25, -0.2) is 9.59 Å². The van der Waals surface area contributed by atoms with Crippen molar-refractivity contribution in [3.8, 4) is 11.1 Å². The Morgan fingerprint density at radius 2 is 1.69 bits per heavy atom. The van der Waals surface area contributed by atoms with E-state index in [1.807, 2.05) is 63.8 Å². The van der Waals surface area contributed by atoms with Crippen LogP contribution in [0, 0.1) is 20.8 Å². The van der Waals surface area contributed by atoms with Crippen molar-refractivity contribution in [1.82, 2.24) is 4.90 Å². The molecule has 1 aliphatic carbocycles. The molecular formula is C30H40N2O4. The number of urea groups is 1. The van der Waals surface area contributed by atoms with Crippen LogP contribution in [-0.2, 0) is 16.0 Å². The van der Waals surface area contributed by atoms with Crippen molar-refractivity contribution in [1.29, 1.82) is 0 Å². The first kappa shape index (κ1) is 26.2. The molecule has 0 radical (unpaired) electrons. The Kier molecular flexibility index (Phi) is 7.46. The van der Waals surface area contributed by atoms with Gasteiger partial charge < -0.3 is 20.1 Å². The van der Waals surface area contributed by atoms with Crippen LogP contribution in [0.5, 0.6) is 0 Å². The van der Waals surface area contributed by atoms with E-state index in [1.54, 1.807) is 0 Å². The van der Waals surface area contributed by atoms with Gasteiger partial charge in [0.2, 0.25) is 0 Å². The highest BCUT2D eigenvalue weighted by Crippen LogP contribution is 2.44. The van der Waals surface area contributed by atoms with Gasteiger partial charge in [-0.05, 0) is 88.6 Å².